The van der Waals surface area contributed by atoms with Crippen LogP contribution in [0, 0.1) is 0 Å². The second-order valence-corrected chi connectivity index (χ2v) is 4.67. The molecule has 21 heavy (non-hydrogen) atoms. The van der Waals surface area contributed by atoms with E-state index in [0.29, 0.717) is 16.3 Å². The minimum atomic E-state index is -1.14. The largest absolute Gasteiger partial charge is 0.479 e. The molecule has 0 aliphatic heterocycles. The number of anilines is 1. The second-order valence-electron chi connectivity index (χ2n) is 4.26. The Balaban J connectivity index is 2.10. The van der Waals surface area contributed by atoms with Gasteiger partial charge in [0.05, 0.1) is 10.7 Å². The van der Waals surface area contributed by atoms with Crippen molar-refractivity contribution >= 4 is 29.3 Å². The molecule has 0 aliphatic rings. The van der Waals surface area contributed by atoms with Crippen LogP contribution >= 0.6 is 11.6 Å². The van der Waals surface area contributed by atoms with Gasteiger partial charge in [0.25, 0.3) is 0 Å². The molecule has 2 aromatic rings. The number of hydrogen-bond donors (Lipinski definition) is 3. The van der Waals surface area contributed by atoms with Gasteiger partial charge < -0.3 is 15.7 Å². The number of urea groups is 1. The van der Waals surface area contributed by atoms with Crippen molar-refractivity contribution in [1.82, 2.24) is 5.32 Å². The Labute approximate surface area is 126 Å². The van der Waals surface area contributed by atoms with E-state index in [2.05, 4.69) is 10.6 Å². The summed E-state index contributed by atoms with van der Waals surface area (Å²) in [6.45, 7) is 0. The number of hydrogen-bond acceptors (Lipinski definition) is 2. The lowest BCUT2D eigenvalue weighted by molar-refractivity contribution is -0.139. The number of halogens is 1. The number of carbonyl (C=O) groups excluding carboxylic acids is 1. The quantitative estimate of drug-likeness (QED) is 0.811. The first-order valence-corrected chi connectivity index (χ1v) is 6.55. The second kappa shape index (κ2) is 6.76. The Morgan fingerprint density at radius 2 is 1.62 bits per heavy atom. The third kappa shape index (κ3) is 3.97. The maximum atomic E-state index is 11.9. The van der Waals surface area contributed by atoms with Crippen molar-refractivity contribution in [3.63, 3.8) is 0 Å². The van der Waals surface area contributed by atoms with Gasteiger partial charge in [-0.2, -0.15) is 0 Å². The highest BCUT2D eigenvalue weighted by atomic mass is 35.5. The van der Waals surface area contributed by atoms with E-state index in [4.69, 9.17) is 11.6 Å². The van der Waals surface area contributed by atoms with Crippen molar-refractivity contribution in [3.05, 3.63) is 65.2 Å². The fourth-order valence-electron chi connectivity index (χ4n) is 1.79. The summed E-state index contributed by atoms with van der Waals surface area (Å²) in [4.78, 5) is 23.2. The van der Waals surface area contributed by atoms with Crippen LogP contribution in [0.3, 0.4) is 0 Å². The van der Waals surface area contributed by atoms with Crippen LogP contribution in [0.4, 0.5) is 10.5 Å². The minimum Gasteiger partial charge on any atom is -0.479 e. The third-order valence-electron chi connectivity index (χ3n) is 2.78. The molecule has 2 rings (SSSR count). The zero-order valence-electron chi connectivity index (χ0n) is 10.9. The van der Waals surface area contributed by atoms with E-state index >= 15 is 0 Å². The molecule has 108 valence electrons. The standard InChI is InChI=1S/C15H13ClN2O3/c16-11-8-4-5-9-12(11)17-15(21)18-13(14(19)20)10-6-2-1-3-7-10/h1-9,13H,(H,19,20)(H2,17,18,21). The van der Waals surface area contributed by atoms with Gasteiger partial charge in [0, 0.05) is 0 Å². The van der Waals surface area contributed by atoms with E-state index in [9.17, 15) is 14.7 Å². The first-order chi connectivity index (χ1) is 10.1. The van der Waals surface area contributed by atoms with Crippen LogP contribution in [0.1, 0.15) is 11.6 Å². The van der Waals surface area contributed by atoms with Crippen molar-refractivity contribution < 1.29 is 14.7 Å². The lowest BCUT2D eigenvalue weighted by Crippen LogP contribution is -2.36. The minimum absolute atomic E-state index is 0.374. The zero-order chi connectivity index (χ0) is 15.2. The average molecular weight is 305 g/mol. The Hall–Kier alpha value is -2.53. The van der Waals surface area contributed by atoms with E-state index in [1.54, 1.807) is 54.6 Å². The molecule has 0 aromatic heterocycles. The fraction of sp³-hybridized carbons (Fsp3) is 0.0667. The van der Waals surface area contributed by atoms with Crippen LogP contribution in [0.15, 0.2) is 54.6 Å². The van der Waals surface area contributed by atoms with E-state index < -0.39 is 18.0 Å². The molecule has 0 fully saturated rings. The lowest BCUT2D eigenvalue weighted by Gasteiger charge is -2.15. The van der Waals surface area contributed by atoms with Crippen molar-refractivity contribution in [2.75, 3.05) is 5.32 Å². The summed E-state index contributed by atoms with van der Waals surface area (Å²) in [7, 11) is 0. The van der Waals surface area contributed by atoms with Gasteiger partial charge in [-0.25, -0.2) is 9.59 Å². The van der Waals surface area contributed by atoms with E-state index in [1.807, 2.05) is 0 Å². The number of carboxylic acid groups (broad SMARTS) is 1. The molecule has 2 amide bonds. The zero-order valence-corrected chi connectivity index (χ0v) is 11.7. The monoisotopic (exact) mass is 304 g/mol. The summed E-state index contributed by atoms with van der Waals surface area (Å²) < 4.78 is 0. The smallest absolute Gasteiger partial charge is 0.330 e. The Bertz CT molecular complexity index is 646. The molecule has 1 atom stereocenters. The first kappa shape index (κ1) is 14.9. The van der Waals surface area contributed by atoms with Crippen LogP contribution in [0.25, 0.3) is 0 Å². The highest BCUT2D eigenvalue weighted by Crippen LogP contribution is 2.20. The predicted octanol–water partition coefficient (Wildman–Crippen LogP) is 3.29. The van der Waals surface area contributed by atoms with Gasteiger partial charge in [-0.3, -0.25) is 0 Å². The average Bonchev–Trinajstić information content (AvgIpc) is 2.48. The molecule has 1 unspecified atom stereocenters. The van der Waals surface area contributed by atoms with Crippen LogP contribution in [0.5, 0.6) is 0 Å². The molecule has 0 spiro atoms. The molecule has 6 heteroatoms. The third-order valence-corrected chi connectivity index (χ3v) is 3.11. The summed E-state index contributed by atoms with van der Waals surface area (Å²) in [5.41, 5.74) is 0.896. The molecular formula is C15H13ClN2O3. The summed E-state index contributed by atoms with van der Waals surface area (Å²) in [6, 6.07) is 13.4. The number of nitrogens with one attached hydrogen (secondary N) is 2. The van der Waals surface area contributed by atoms with Crippen LogP contribution in [-0.2, 0) is 4.79 Å². The van der Waals surface area contributed by atoms with Gasteiger partial charge in [-0.05, 0) is 17.7 Å². The topological polar surface area (TPSA) is 78.4 Å². The highest BCUT2D eigenvalue weighted by Gasteiger charge is 2.21. The molecule has 0 aliphatic carbocycles. The molecular weight excluding hydrogens is 292 g/mol. The van der Waals surface area contributed by atoms with Crippen molar-refractivity contribution in [1.29, 1.82) is 0 Å². The molecule has 0 saturated carbocycles. The van der Waals surface area contributed by atoms with E-state index in [-0.39, 0.29) is 0 Å². The number of benzene rings is 2. The summed E-state index contributed by atoms with van der Waals surface area (Å²) in [6.07, 6.45) is 0. The van der Waals surface area contributed by atoms with Crippen molar-refractivity contribution in [2.24, 2.45) is 0 Å². The summed E-state index contributed by atoms with van der Waals surface area (Å²) in [5, 5.41) is 14.5. The molecule has 0 bridgehead atoms. The Kier molecular flexibility index (Phi) is 4.79. The van der Waals surface area contributed by atoms with Crippen LogP contribution in [0.2, 0.25) is 5.02 Å². The molecule has 0 heterocycles. The molecule has 0 radical (unpaired) electrons. The maximum absolute atomic E-state index is 11.9. The molecule has 2 aromatic carbocycles. The van der Waals surface area contributed by atoms with E-state index in [1.165, 1.54) is 0 Å². The summed E-state index contributed by atoms with van der Waals surface area (Å²) in [5.74, 6) is -1.14. The Morgan fingerprint density at radius 3 is 2.24 bits per heavy atom. The van der Waals surface area contributed by atoms with Crippen LogP contribution in [-0.4, -0.2) is 17.1 Å². The molecule has 0 saturated heterocycles. The van der Waals surface area contributed by atoms with Gasteiger partial charge in [-0.15, -0.1) is 0 Å². The number of aliphatic carboxylic acids is 1. The van der Waals surface area contributed by atoms with Gasteiger partial charge in [0.1, 0.15) is 0 Å². The van der Waals surface area contributed by atoms with Gasteiger partial charge in [-0.1, -0.05) is 54.1 Å². The van der Waals surface area contributed by atoms with Crippen molar-refractivity contribution in [3.8, 4) is 0 Å². The predicted molar refractivity (Wildman–Crippen MR) is 80.4 cm³/mol. The maximum Gasteiger partial charge on any atom is 0.330 e. The first-order valence-electron chi connectivity index (χ1n) is 6.17. The van der Waals surface area contributed by atoms with Gasteiger partial charge in [0.15, 0.2) is 6.04 Å². The normalized spacial score (nSPS) is 11.5. The number of para-hydroxylation sites is 1. The van der Waals surface area contributed by atoms with Gasteiger partial charge >= 0.3 is 12.0 Å². The fourth-order valence-corrected chi connectivity index (χ4v) is 1.97. The number of rotatable bonds is 4. The molecule has 5 nitrogen and oxygen atoms in total. The highest BCUT2D eigenvalue weighted by molar-refractivity contribution is 6.33. The molecule has 3 N–H and O–H groups in total. The Morgan fingerprint density at radius 1 is 1.00 bits per heavy atom. The summed E-state index contributed by atoms with van der Waals surface area (Å²) >= 11 is 5.93. The van der Waals surface area contributed by atoms with Crippen LogP contribution < -0.4 is 10.6 Å². The number of carboxylic acids is 1. The van der Waals surface area contributed by atoms with E-state index in [0.717, 1.165) is 0 Å². The van der Waals surface area contributed by atoms with Gasteiger partial charge in [0.2, 0.25) is 0 Å². The lowest BCUT2D eigenvalue weighted by atomic mass is 10.1. The SMILES string of the molecule is O=C(Nc1ccccc1Cl)NC(C(=O)O)c1ccccc1. The number of amides is 2. The van der Waals surface area contributed by atoms with Crippen molar-refractivity contribution in [2.45, 2.75) is 6.04 Å². The number of carbonyl (C=O) groups is 2.